The molecule has 0 atom stereocenters. The first-order chi connectivity index (χ1) is 9.19. The van der Waals surface area contributed by atoms with Crippen LogP contribution in [0.3, 0.4) is 0 Å². The number of hydrogen-bond acceptors (Lipinski definition) is 3. The lowest BCUT2D eigenvalue weighted by Gasteiger charge is -2.09. The molecule has 0 saturated heterocycles. The first-order valence-electron chi connectivity index (χ1n) is 6.28. The molecule has 0 aliphatic carbocycles. The predicted molar refractivity (Wildman–Crippen MR) is 80.6 cm³/mol. The lowest BCUT2D eigenvalue weighted by Crippen LogP contribution is -2.11. The number of ether oxygens (including phenoxy) is 1. The number of hydrogen-bond donors (Lipinski definition) is 1. The van der Waals surface area contributed by atoms with Gasteiger partial charge in [0.2, 0.25) is 0 Å². The van der Waals surface area contributed by atoms with Gasteiger partial charge in [-0.2, -0.15) is 0 Å². The van der Waals surface area contributed by atoms with Crippen LogP contribution in [0, 0.1) is 6.92 Å². The highest BCUT2D eigenvalue weighted by Gasteiger charge is 2.03. The highest BCUT2D eigenvalue weighted by molar-refractivity contribution is 9.10. The molecule has 19 heavy (non-hydrogen) atoms. The Hall–Kier alpha value is -1.39. The average Bonchev–Trinajstić information content (AvgIpc) is 2.41. The van der Waals surface area contributed by atoms with Gasteiger partial charge in [-0.05, 0) is 43.3 Å². The Morgan fingerprint density at radius 3 is 2.63 bits per heavy atom. The number of pyridine rings is 1. The standard InChI is InChI=1S/C15H17BrN2O/c1-3-17-9-12-5-7-13(8-15(12)16)19-14-6-4-11(2)18-10-14/h4-8,10,17H,3,9H2,1-2H3. The van der Waals surface area contributed by atoms with Crippen molar-refractivity contribution >= 4 is 15.9 Å². The zero-order chi connectivity index (χ0) is 13.7. The smallest absolute Gasteiger partial charge is 0.145 e. The lowest BCUT2D eigenvalue weighted by molar-refractivity contribution is 0.479. The highest BCUT2D eigenvalue weighted by Crippen LogP contribution is 2.26. The lowest BCUT2D eigenvalue weighted by atomic mass is 10.2. The van der Waals surface area contributed by atoms with Crippen LogP contribution in [0.5, 0.6) is 11.5 Å². The number of aryl methyl sites for hydroxylation is 1. The third-order valence-electron chi connectivity index (χ3n) is 2.71. The Balaban J connectivity index is 2.09. The first kappa shape index (κ1) is 14.0. The number of nitrogens with zero attached hydrogens (tertiary/aromatic N) is 1. The Kier molecular flexibility index (Phi) is 4.93. The van der Waals surface area contributed by atoms with Gasteiger partial charge in [-0.1, -0.05) is 28.9 Å². The third kappa shape index (κ3) is 4.04. The molecule has 2 aromatic rings. The van der Waals surface area contributed by atoms with E-state index < -0.39 is 0 Å². The Bertz CT molecular complexity index is 540. The second-order valence-electron chi connectivity index (χ2n) is 4.27. The summed E-state index contributed by atoms with van der Waals surface area (Å²) in [4.78, 5) is 4.21. The van der Waals surface area contributed by atoms with E-state index in [1.165, 1.54) is 5.56 Å². The van der Waals surface area contributed by atoms with Crippen LogP contribution in [0.4, 0.5) is 0 Å². The molecule has 0 fully saturated rings. The van der Waals surface area contributed by atoms with Crippen LogP contribution in [-0.4, -0.2) is 11.5 Å². The summed E-state index contributed by atoms with van der Waals surface area (Å²) in [7, 11) is 0. The van der Waals surface area contributed by atoms with Gasteiger partial charge < -0.3 is 10.1 Å². The highest BCUT2D eigenvalue weighted by atomic mass is 79.9. The molecule has 2 rings (SSSR count). The number of benzene rings is 1. The fourth-order valence-electron chi connectivity index (χ4n) is 1.65. The van der Waals surface area contributed by atoms with E-state index in [1.54, 1.807) is 6.20 Å². The fourth-order valence-corrected chi connectivity index (χ4v) is 2.14. The van der Waals surface area contributed by atoms with Gasteiger partial charge in [0.15, 0.2) is 0 Å². The average molecular weight is 321 g/mol. The van der Waals surface area contributed by atoms with Crippen molar-refractivity contribution in [2.45, 2.75) is 20.4 Å². The van der Waals surface area contributed by atoms with Crippen molar-refractivity contribution < 1.29 is 4.74 Å². The van der Waals surface area contributed by atoms with Crippen molar-refractivity contribution in [1.29, 1.82) is 0 Å². The normalized spacial score (nSPS) is 10.5. The second-order valence-corrected chi connectivity index (χ2v) is 5.13. The molecule has 0 radical (unpaired) electrons. The molecule has 0 amide bonds. The molecule has 3 nitrogen and oxygen atoms in total. The predicted octanol–water partition coefficient (Wildman–Crippen LogP) is 4.05. The van der Waals surface area contributed by atoms with Crippen molar-refractivity contribution in [3.8, 4) is 11.5 Å². The molecule has 1 heterocycles. The Labute approximate surface area is 122 Å². The molecular formula is C15H17BrN2O. The summed E-state index contributed by atoms with van der Waals surface area (Å²) in [5.74, 6) is 1.55. The van der Waals surface area contributed by atoms with E-state index in [9.17, 15) is 0 Å². The van der Waals surface area contributed by atoms with Crippen LogP contribution in [0.15, 0.2) is 41.0 Å². The Morgan fingerprint density at radius 1 is 1.21 bits per heavy atom. The van der Waals surface area contributed by atoms with E-state index in [-0.39, 0.29) is 0 Å². The van der Waals surface area contributed by atoms with Gasteiger partial charge in [-0.3, -0.25) is 4.98 Å². The van der Waals surface area contributed by atoms with E-state index in [4.69, 9.17) is 4.74 Å². The zero-order valence-electron chi connectivity index (χ0n) is 11.1. The summed E-state index contributed by atoms with van der Waals surface area (Å²) in [5.41, 5.74) is 2.20. The quantitative estimate of drug-likeness (QED) is 0.902. The minimum absolute atomic E-state index is 0.747. The first-order valence-corrected chi connectivity index (χ1v) is 7.08. The van der Waals surface area contributed by atoms with Crippen molar-refractivity contribution in [3.05, 3.63) is 52.3 Å². The SMILES string of the molecule is CCNCc1ccc(Oc2ccc(C)nc2)cc1Br. The van der Waals surface area contributed by atoms with Crippen LogP contribution in [-0.2, 0) is 6.54 Å². The van der Waals surface area contributed by atoms with Crippen molar-refractivity contribution in [2.75, 3.05) is 6.54 Å². The minimum Gasteiger partial charge on any atom is -0.456 e. The molecule has 0 aliphatic rings. The maximum Gasteiger partial charge on any atom is 0.145 e. The maximum absolute atomic E-state index is 5.76. The monoisotopic (exact) mass is 320 g/mol. The topological polar surface area (TPSA) is 34.1 Å². The van der Waals surface area contributed by atoms with E-state index in [1.807, 2.05) is 31.2 Å². The second kappa shape index (κ2) is 6.68. The largest absolute Gasteiger partial charge is 0.456 e. The van der Waals surface area contributed by atoms with Crippen LogP contribution in [0.2, 0.25) is 0 Å². The molecule has 0 bridgehead atoms. The molecule has 1 aromatic carbocycles. The van der Waals surface area contributed by atoms with E-state index in [2.05, 4.69) is 39.2 Å². The summed E-state index contributed by atoms with van der Waals surface area (Å²) >= 11 is 3.57. The molecule has 0 unspecified atom stereocenters. The van der Waals surface area contributed by atoms with E-state index >= 15 is 0 Å². The molecule has 4 heteroatoms. The van der Waals surface area contributed by atoms with Gasteiger partial charge in [-0.15, -0.1) is 0 Å². The molecule has 0 saturated carbocycles. The minimum atomic E-state index is 0.747. The summed E-state index contributed by atoms with van der Waals surface area (Å²) in [6.07, 6.45) is 1.73. The zero-order valence-corrected chi connectivity index (χ0v) is 12.7. The van der Waals surface area contributed by atoms with Crippen LogP contribution >= 0.6 is 15.9 Å². The van der Waals surface area contributed by atoms with Crippen molar-refractivity contribution in [3.63, 3.8) is 0 Å². The molecular weight excluding hydrogens is 304 g/mol. The van der Waals surface area contributed by atoms with Gasteiger partial charge in [-0.25, -0.2) is 0 Å². The molecule has 0 spiro atoms. The van der Waals surface area contributed by atoms with Crippen molar-refractivity contribution in [1.82, 2.24) is 10.3 Å². The molecule has 1 N–H and O–H groups in total. The maximum atomic E-state index is 5.76. The van der Waals surface area contributed by atoms with Gasteiger partial charge in [0, 0.05) is 16.7 Å². The van der Waals surface area contributed by atoms with Gasteiger partial charge in [0.05, 0.1) is 6.20 Å². The fraction of sp³-hybridized carbons (Fsp3) is 0.267. The van der Waals surface area contributed by atoms with Crippen LogP contribution in [0.25, 0.3) is 0 Å². The molecule has 100 valence electrons. The number of rotatable bonds is 5. The number of halogens is 1. The van der Waals surface area contributed by atoms with Crippen molar-refractivity contribution in [2.24, 2.45) is 0 Å². The van der Waals surface area contributed by atoms with E-state index in [0.29, 0.717) is 0 Å². The summed E-state index contributed by atoms with van der Waals surface area (Å²) in [6, 6.07) is 9.86. The number of nitrogens with one attached hydrogen (secondary N) is 1. The summed E-state index contributed by atoms with van der Waals surface area (Å²) in [5, 5.41) is 3.30. The summed E-state index contributed by atoms with van der Waals surface area (Å²) < 4.78 is 6.81. The molecule has 0 aliphatic heterocycles. The van der Waals surface area contributed by atoms with E-state index in [0.717, 1.165) is 34.8 Å². The number of aromatic nitrogens is 1. The Morgan fingerprint density at radius 2 is 2.00 bits per heavy atom. The van der Waals surface area contributed by atoms with Gasteiger partial charge in [0.25, 0.3) is 0 Å². The van der Waals surface area contributed by atoms with Crippen LogP contribution < -0.4 is 10.1 Å². The third-order valence-corrected chi connectivity index (χ3v) is 3.45. The van der Waals surface area contributed by atoms with Crippen LogP contribution in [0.1, 0.15) is 18.2 Å². The van der Waals surface area contributed by atoms with Gasteiger partial charge >= 0.3 is 0 Å². The molecule has 1 aromatic heterocycles. The van der Waals surface area contributed by atoms with Gasteiger partial charge in [0.1, 0.15) is 11.5 Å². The summed E-state index contributed by atoms with van der Waals surface area (Å²) in [6.45, 7) is 5.86.